The van der Waals surface area contributed by atoms with E-state index in [1.54, 1.807) is 24.3 Å². The number of nitro groups is 1. The molecule has 8 heteroatoms. The first-order valence-corrected chi connectivity index (χ1v) is 9.20. The van der Waals surface area contributed by atoms with E-state index in [4.69, 9.17) is 5.73 Å². The molecule has 1 heterocycles. The summed E-state index contributed by atoms with van der Waals surface area (Å²) in [5, 5.41) is 13.6. The maximum atomic E-state index is 12.6. The molecule has 2 aromatic rings. The number of hydrogen-bond donors (Lipinski definition) is 2. The van der Waals surface area contributed by atoms with E-state index in [1.807, 2.05) is 4.90 Å². The van der Waals surface area contributed by atoms with Crippen LogP contribution in [0.15, 0.2) is 42.5 Å². The van der Waals surface area contributed by atoms with Crippen molar-refractivity contribution in [3.05, 3.63) is 63.7 Å². The van der Waals surface area contributed by atoms with Gasteiger partial charge in [-0.1, -0.05) is 12.8 Å². The van der Waals surface area contributed by atoms with Crippen LogP contribution in [0.1, 0.15) is 46.4 Å². The summed E-state index contributed by atoms with van der Waals surface area (Å²) in [6, 6.07) is 10.5. The van der Waals surface area contributed by atoms with Gasteiger partial charge in [-0.25, -0.2) is 0 Å². The predicted molar refractivity (Wildman–Crippen MR) is 106 cm³/mol. The van der Waals surface area contributed by atoms with Crippen molar-refractivity contribution in [1.29, 1.82) is 0 Å². The number of nitrogens with two attached hydrogens (primary N) is 1. The van der Waals surface area contributed by atoms with Gasteiger partial charge in [0.15, 0.2) is 0 Å². The highest BCUT2D eigenvalue weighted by molar-refractivity contribution is 6.05. The zero-order chi connectivity index (χ0) is 20.1. The molecule has 3 N–H and O–H groups in total. The fourth-order valence-corrected chi connectivity index (χ4v) is 3.20. The molecule has 0 radical (unpaired) electrons. The fourth-order valence-electron chi connectivity index (χ4n) is 3.20. The third kappa shape index (κ3) is 4.46. The normalized spacial score (nSPS) is 14.2. The predicted octanol–water partition coefficient (Wildman–Crippen LogP) is 3.45. The molecule has 0 saturated carbocycles. The number of hydrogen-bond acceptors (Lipinski definition) is 5. The Morgan fingerprint density at radius 3 is 2.18 bits per heavy atom. The Morgan fingerprint density at radius 2 is 1.57 bits per heavy atom. The lowest BCUT2D eigenvalue weighted by molar-refractivity contribution is -0.383. The lowest BCUT2D eigenvalue weighted by Gasteiger charge is -2.20. The monoisotopic (exact) mass is 382 g/mol. The lowest BCUT2D eigenvalue weighted by Crippen LogP contribution is -2.31. The van der Waals surface area contributed by atoms with Crippen LogP contribution in [0.25, 0.3) is 0 Å². The second-order valence-electron chi connectivity index (χ2n) is 6.77. The summed E-state index contributed by atoms with van der Waals surface area (Å²) in [6.45, 7) is 1.54. The number of likely N-dealkylation sites (tertiary alicyclic amines) is 1. The molecule has 2 amide bonds. The van der Waals surface area contributed by atoms with Crippen molar-refractivity contribution in [3.63, 3.8) is 0 Å². The van der Waals surface area contributed by atoms with Crippen molar-refractivity contribution in [2.24, 2.45) is 0 Å². The fraction of sp³-hybridized carbons (Fsp3) is 0.300. The Kier molecular flexibility index (Phi) is 5.88. The first-order valence-electron chi connectivity index (χ1n) is 9.20. The Balaban J connectivity index is 1.68. The van der Waals surface area contributed by atoms with E-state index in [9.17, 15) is 19.7 Å². The Labute approximate surface area is 162 Å². The smallest absolute Gasteiger partial charge is 0.292 e. The summed E-state index contributed by atoms with van der Waals surface area (Å²) >= 11 is 0. The minimum Gasteiger partial charge on any atom is -0.393 e. The van der Waals surface area contributed by atoms with E-state index < -0.39 is 10.8 Å². The molecule has 2 aromatic carbocycles. The van der Waals surface area contributed by atoms with Gasteiger partial charge in [-0.3, -0.25) is 19.7 Å². The number of benzene rings is 2. The van der Waals surface area contributed by atoms with Crippen molar-refractivity contribution >= 4 is 28.9 Å². The Morgan fingerprint density at radius 1 is 0.964 bits per heavy atom. The second kappa shape index (κ2) is 8.51. The van der Waals surface area contributed by atoms with E-state index in [1.165, 1.54) is 12.1 Å². The minimum atomic E-state index is -0.630. The van der Waals surface area contributed by atoms with Gasteiger partial charge in [0.2, 0.25) is 0 Å². The van der Waals surface area contributed by atoms with Gasteiger partial charge >= 0.3 is 0 Å². The molecule has 0 unspecified atom stereocenters. The molecule has 146 valence electrons. The Bertz CT molecular complexity index is 888. The van der Waals surface area contributed by atoms with E-state index >= 15 is 0 Å². The first-order chi connectivity index (χ1) is 13.5. The average molecular weight is 382 g/mol. The average Bonchev–Trinajstić information content (AvgIpc) is 2.97. The SMILES string of the molecule is Nc1ccc(C(=O)Nc2ccc(C(=O)N3CCCCCC3)cc2)cc1[N+](=O)[O-]. The number of anilines is 2. The topological polar surface area (TPSA) is 119 Å². The highest BCUT2D eigenvalue weighted by Crippen LogP contribution is 2.23. The van der Waals surface area contributed by atoms with Gasteiger partial charge in [0, 0.05) is 36.0 Å². The molecule has 1 fully saturated rings. The van der Waals surface area contributed by atoms with Crippen LogP contribution in [0.5, 0.6) is 0 Å². The van der Waals surface area contributed by atoms with Gasteiger partial charge in [-0.2, -0.15) is 0 Å². The van der Waals surface area contributed by atoms with Gasteiger partial charge in [0.25, 0.3) is 17.5 Å². The zero-order valence-corrected chi connectivity index (χ0v) is 15.4. The largest absolute Gasteiger partial charge is 0.393 e. The van der Waals surface area contributed by atoms with Crippen molar-refractivity contribution in [2.45, 2.75) is 25.7 Å². The highest BCUT2D eigenvalue weighted by Gasteiger charge is 2.18. The quantitative estimate of drug-likeness (QED) is 0.477. The van der Waals surface area contributed by atoms with Gasteiger partial charge in [-0.05, 0) is 49.2 Å². The second-order valence-corrected chi connectivity index (χ2v) is 6.77. The van der Waals surface area contributed by atoms with Gasteiger partial charge in [-0.15, -0.1) is 0 Å². The first kappa shape index (κ1) is 19.3. The summed E-state index contributed by atoms with van der Waals surface area (Å²) in [5.74, 6) is -0.497. The van der Waals surface area contributed by atoms with E-state index in [-0.39, 0.29) is 22.8 Å². The van der Waals surface area contributed by atoms with Crippen molar-refractivity contribution in [3.8, 4) is 0 Å². The maximum absolute atomic E-state index is 12.6. The molecule has 1 aliphatic rings. The molecule has 0 aliphatic carbocycles. The van der Waals surface area contributed by atoms with Crippen molar-refractivity contribution in [1.82, 2.24) is 4.90 Å². The molecule has 3 rings (SSSR count). The van der Waals surface area contributed by atoms with Gasteiger partial charge in [0.05, 0.1) is 4.92 Å². The zero-order valence-electron chi connectivity index (χ0n) is 15.4. The molecule has 1 aliphatic heterocycles. The number of carbonyl (C=O) groups excluding carboxylic acids is 2. The van der Waals surface area contributed by atoms with Crippen LogP contribution in [0.3, 0.4) is 0 Å². The van der Waals surface area contributed by atoms with Crippen LogP contribution < -0.4 is 11.1 Å². The molecule has 0 spiro atoms. The number of nitro benzene ring substituents is 1. The minimum absolute atomic E-state index is 0.00192. The summed E-state index contributed by atoms with van der Waals surface area (Å²) in [6.07, 6.45) is 4.34. The van der Waals surface area contributed by atoms with E-state index in [2.05, 4.69) is 5.32 Å². The standard InChI is InChI=1S/C20H22N4O4/c21-17-10-7-15(13-18(17)24(27)28)19(25)22-16-8-5-14(6-9-16)20(26)23-11-3-1-2-4-12-23/h5-10,13H,1-4,11-12,21H2,(H,22,25). The number of amides is 2. The van der Waals surface area contributed by atoms with Crippen LogP contribution in [-0.4, -0.2) is 34.7 Å². The van der Waals surface area contributed by atoms with Crippen molar-refractivity contribution < 1.29 is 14.5 Å². The number of nitrogens with zero attached hydrogens (tertiary/aromatic N) is 2. The molecule has 0 aromatic heterocycles. The van der Waals surface area contributed by atoms with Gasteiger partial charge < -0.3 is 16.0 Å². The summed E-state index contributed by atoms with van der Waals surface area (Å²) < 4.78 is 0. The summed E-state index contributed by atoms with van der Waals surface area (Å²) in [4.78, 5) is 37.2. The van der Waals surface area contributed by atoms with Crippen LogP contribution in [0, 0.1) is 10.1 Å². The number of rotatable bonds is 4. The highest BCUT2D eigenvalue weighted by atomic mass is 16.6. The molecule has 0 bridgehead atoms. The van der Waals surface area contributed by atoms with E-state index in [0.717, 1.165) is 44.8 Å². The number of nitrogen functional groups attached to an aromatic ring is 1. The Hall–Kier alpha value is -3.42. The summed E-state index contributed by atoms with van der Waals surface area (Å²) in [7, 11) is 0. The van der Waals surface area contributed by atoms with Crippen molar-refractivity contribution in [2.75, 3.05) is 24.1 Å². The lowest BCUT2D eigenvalue weighted by atomic mass is 10.1. The van der Waals surface area contributed by atoms with Crippen LogP contribution in [-0.2, 0) is 0 Å². The van der Waals surface area contributed by atoms with Crippen LogP contribution in [0.2, 0.25) is 0 Å². The molecule has 1 saturated heterocycles. The molecular weight excluding hydrogens is 360 g/mol. The van der Waals surface area contributed by atoms with E-state index in [0.29, 0.717) is 11.3 Å². The molecular formula is C20H22N4O4. The molecule has 8 nitrogen and oxygen atoms in total. The van der Waals surface area contributed by atoms with Gasteiger partial charge in [0.1, 0.15) is 5.69 Å². The van der Waals surface area contributed by atoms with Crippen LogP contribution >= 0.6 is 0 Å². The number of nitrogens with one attached hydrogen (secondary N) is 1. The molecule has 0 atom stereocenters. The maximum Gasteiger partial charge on any atom is 0.292 e. The third-order valence-electron chi connectivity index (χ3n) is 4.77. The van der Waals surface area contributed by atoms with Crippen LogP contribution in [0.4, 0.5) is 17.1 Å². The summed E-state index contributed by atoms with van der Waals surface area (Å²) in [5.41, 5.74) is 6.43. The third-order valence-corrected chi connectivity index (χ3v) is 4.77. The number of carbonyl (C=O) groups is 2. The molecule has 28 heavy (non-hydrogen) atoms.